The molecule has 0 radical (unpaired) electrons. The Hall–Kier alpha value is -1.75. The molecule has 17 heavy (non-hydrogen) atoms. The van der Waals surface area contributed by atoms with Crippen molar-refractivity contribution < 1.29 is 14.3 Å². The summed E-state index contributed by atoms with van der Waals surface area (Å²) in [6.07, 6.45) is 1.14. The second kappa shape index (κ2) is 5.05. The predicted molar refractivity (Wildman–Crippen MR) is 62.7 cm³/mol. The van der Waals surface area contributed by atoms with Crippen molar-refractivity contribution in [2.45, 2.75) is 12.8 Å². The van der Waals surface area contributed by atoms with E-state index in [2.05, 4.69) is 0 Å². The molecule has 1 heterocycles. The van der Waals surface area contributed by atoms with Crippen LogP contribution >= 0.6 is 0 Å². The van der Waals surface area contributed by atoms with E-state index < -0.39 is 0 Å². The molecule has 0 atom stereocenters. The summed E-state index contributed by atoms with van der Waals surface area (Å²) in [4.78, 5) is 11.5. The number of carbonyl (C=O) groups is 1. The number of fused-ring (bicyclic) bond motifs is 1. The van der Waals surface area contributed by atoms with Gasteiger partial charge >= 0.3 is 0 Å². The summed E-state index contributed by atoms with van der Waals surface area (Å²) in [6, 6.07) is 5.52. The molecule has 0 unspecified atom stereocenters. The Labute approximate surface area is 100 Å². The summed E-state index contributed by atoms with van der Waals surface area (Å²) < 4.78 is 11.1. The number of ether oxygens (including phenoxy) is 2. The highest BCUT2D eigenvalue weighted by molar-refractivity contribution is 5.78. The summed E-state index contributed by atoms with van der Waals surface area (Å²) in [5.74, 6) is 6.67. The lowest BCUT2D eigenvalue weighted by Gasteiger charge is -2.12. The normalized spacial score (nSPS) is 14.0. The summed E-state index contributed by atoms with van der Waals surface area (Å²) in [7, 11) is 1.53. The van der Waals surface area contributed by atoms with Crippen molar-refractivity contribution in [1.82, 2.24) is 5.01 Å². The van der Waals surface area contributed by atoms with Crippen molar-refractivity contribution in [3.63, 3.8) is 0 Å². The highest BCUT2D eigenvalue weighted by atomic mass is 16.5. The molecule has 1 aromatic carbocycles. The molecule has 0 aliphatic carbocycles. The number of rotatable bonds is 2. The van der Waals surface area contributed by atoms with E-state index in [-0.39, 0.29) is 12.3 Å². The summed E-state index contributed by atoms with van der Waals surface area (Å²) in [5.41, 5.74) is 0.872. The van der Waals surface area contributed by atoms with E-state index in [9.17, 15) is 4.79 Å². The van der Waals surface area contributed by atoms with Gasteiger partial charge in [-0.05, 0) is 17.7 Å². The largest absolute Gasteiger partial charge is 0.490 e. The number of benzene rings is 1. The van der Waals surface area contributed by atoms with Crippen molar-refractivity contribution in [3.05, 3.63) is 23.8 Å². The van der Waals surface area contributed by atoms with Crippen molar-refractivity contribution in [2.75, 3.05) is 20.3 Å². The highest BCUT2D eigenvalue weighted by Gasteiger charge is 2.12. The molecule has 0 saturated carbocycles. The standard InChI is InChI=1S/C12H16N2O3/c1-14(13)12(15)8-9-3-4-10-11(7-9)17-6-2-5-16-10/h3-4,7H,2,5-6,8,13H2,1H3. The van der Waals surface area contributed by atoms with E-state index in [1.165, 1.54) is 7.05 Å². The van der Waals surface area contributed by atoms with Crippen LogP contribution in [0, 0.1) is 0 Å². The SMILES string of the molecule is CN(N)C(=O)Cc1ccc2c(c1)OCCCO2. The highest BCUT2D eigenvalue weighted by Crippen LogP contribution is 2.30. The molecule has 0 spiro atoms. The van der Waals surface area contributed by atoms with Gasteiger partial charge in [-0.15, -0.1) is 0 Å². The van der Waals surface area contributed by atoms with E-state index in [0.29, 0.717) is 19.0 Å². The van der Waals surface area contributed by atoms with Crippen molar-refractivity contribution in [1.29, 1.82) is 0 Å². The lowest BCUT2D eigenvalue weighted by atomic mass is 10.1. The second-order valence-corrected chi connectivity index (χ2v) is 4.01. The van der Waals surface area contributed by atoms with Crippen LogP contribution in [0.2, 0.25) is 0 Å². The van der Waals surface area contributed by atoms with Gasteiger partial charge in [0, 0.05) is 13.5 Å². The Morgan fingerprint density at radius 1 is 1.35 bits per heavy atom. The summed E-state index contributed by atoms with van der Waals surface area (Å²) in [6.45, 7) is 1.30. The maximum atomic E-state index is 11.5. The molecule has 1 amide bonds. The van der Waals surface area contributed by atoms with E-state index in [0.717, 1.165) is 22.7 Å². The molecule has 1 aromatic rings. The Balaban J connectivity index is 2.15. The van der Waals surface area contributed by atoms with Crippen LogP contribution in [0.25, 0.3) is 0 Å². The second-order valence-electron chi connectivity index (χ2n) is 4.01. The first-order valence-electron chi connectivity index (χ1n) is 5.56. The Morgan fingerprint density at radius 2 is 2.06 bits per heavy atom. The molecule has 0 saturated heterocycles. The van der Waals surface area contributed by atoms with Crippen molar-refractivity contribution >= 4 is 5.91 Å². The third-order valence-corrected chi connectivity index (χ3v) is 2.56. The molecule has 5 heteroatoms. The first kappa shape index (κ1) is 11.7. The van der Waals surface area contributed by atoms with E-state index in [4.69, 9.17) is 15.3 Å². The molecule has 0 aromatic heterocycles. The molecule has 2 rings (SSSR count). The lowest BCUT2D eigenvalue weighted by Crippen LogP contribution is -2.34. The summed E-state index contributed by atoms with van der Waals surface area (Å²) in [5, 5.41) is 1.09. The minimum atomic E-state index is -0.139. The van der Waals surface area contributed by atoms with Gasteiger partial charge in [0.2, 0.25) is 5.91 Å². The van der Waals surface area contributed by atoms with Gasteiger partial charge in [-0.25, -0.2) is 5.84 Å². The predicted octanol–water partition coefficient (Wildman–Crippen LogP) is 0.722. The zero-order chi connectivity index (χ0) is 12.3. The molecule has 0 bridgehead atoms. The minimum Gasteiger partial charge on any atom is -0.490 e. The topological polar surface area (TPSA) is 64.8 Å². The average molecular weight is 236 g/mol. The Kier molecular flexibility index (Phi) is 3.49. The first-order valence-corrected chi connectivity index (χ1v) is 5.56. The number of hydrogen-bond acceptors (Lipinski definition) is 4. The fraction of sp³-hybridized carbons (Fsp3) is 0.417. The maximum Gasteiger partial charge on any atom is 0.240 e. The fourth-order valence-electron chi connectivity index (χ4n) is 1.62. The van der Waals surface area contributed by atoms with Gasteiger partial charge in [0.05, 0.1) is 19.6 Å². The van der Waals surface area contributed by atoms with E-state index in [1.807, 2.05) is 18.2 Å². The monoisotopic (exact) mass is 236 g/mol. The van der Waals surface area contributed by atoms with E-state index >= 15 is 0 Å². The van der Waals surface area contributed by atoms with Gasteiger partial charge in [-0.1, -0.05) is 6.07 Å². The number of amides is 1. The Bertz CT molecular complexity index is 418. The molecular weight excluding hydrogens is 220 g/mol. The smallest absolute Gasteiger partial charge is 0.240 e. The number of carbonyl (C=O) groups excluding carboxylic acids is 1. The van der Waals surface area contributed by atoms with Crippen LogP contribution in [0.5, 0.6) is 11.5 Å². The van der Waals surface area contributed by atoms with Gasteiger partial charge < -0.3 is 9.47 Å². The number of likely N-dealkylation sites (N-methyl/N-ethyl adjacent to an activating group) is 1. The quantitative estimate of drug-likeness (QED) is 0.467. The van der Waals surface area contributed by atoms with Gasteiger partial charge in [0.1, 0.15) is 0 Å². The number of hydrogen-bond donors (Lipinski definition) is 1. The van der Waals surface area contributed by atoms with Crippen LogP contribution in [-0.2, 0) is 11.2 Å². The molecule has 1 aliphatic heterocycles. The lowest BCUT2D eigenvalue weighted by molar-refractivity contribution is -0.129. The average Bonchev–Trinajstić information content (AvgIpc) is 2.53. The van der Waals surface area contributed by atoms with Crippen molar-refractivity contribution in [2.24, 2.45) is 5.84 Å². The zero-order valence-corrected chi connectivity index (χ0v) is 9.81. The maximum absolute atomic E-state index is 11.5. The Morgan fingerprint density at radius 3 is 2.76 bits per heavy atom. The third kappa shape index (κ3) is 2.88. The van der Waals surface area contributed by atoms with Gasteiger partial charge in [-0.2, -0.15) is 0 Å². The number of hydrazine groups is 1. The van der Waals surface area contributed by atoms with Crippen molar-refractivity contribution in [3.8, 4) is 11.5 Å². The van der Waals surface area contributed by atoms with Crippen LogP contribution in [0.15, 0.2) is 18.2 Å². The molecule has 92 valence electrons. The summed E-state index contributed by atoms with van der Waals surface area (Å²) >= 11 is 0. The molecule has 0 fully saturated rings. The van der Waals surface area contributed by atoms with Crippen LogP contribution in [-0.4, -0.2) is 31.2 Å². The van der Waals surface area contributed by atoms with Gasteiger partial charge in [0.25, 0.3) is 0 Å². The van der Waals surface area contributed by atoms with Crippen LogP contribution in [0.1, 0.15) is 12.0 Å². The molecule has 2 N–H and O–H groups in total. The minimum absolute atomic E-state index is 0.139. The molecule has 5 nitrogen and oxygen atoms in total. The number of nitrogens with zero attached hydrogens (tertiary/aromatic N) is 1. The molecule has 1 aliphatic rings. The van der Waals surface area contributed by atoms with E-state index in [1.54, 1.807) is 0 Å². The van der Waals surface area contributed by atoms with Crippen LogP contribution < -0.4 is 15.3 Å². The first-order chi connectivity index (χ1) is 8.16. The third-order valence-electron chi connectivity index (χ3n) is 2.56. The fourth-order valence-corrected chi connectivity index (χ4v) is 1.62. The number of nitrogens with two attached hydrogens (primary N) is 1. The van der Waals surface area contributed by atoms with Gasteiger partial charge in [-0.3, -0.25) is 9.80 Å². The van der Waals surface area contributed by atoms with Gasteiger partial charge in [0.15, 0.2) is 11.5 Å². The zero-order valence-electron chi connectivity index (χ0n) is 9.81. The van der Waals surface area contributed by atoms with Crippen LogP contribution in [0.4, 0.5) is 0 Å². The van der Waals surface area contributed by atoms with Crippen LogP contribution in [0.3, 0.4) is 0 Å². The molecular formula is C12H16N2O3.